The van der Waals surface area contributed by atoms with E-state index in [1.54, 1.807) is 0 Å². The molecule has 0 amide bonds. The van der Waals surface area contributed by atoms with Crippen LogP contribution in [0.2, 0.25) is 0 Å². The van der Waals surface area contributed by atoms with Crippen LogP contribution in [0.5, 0.6) is 0 Å². The summed E-state index contributed by atoms with van der Waals surface area (Å²) < 4.78 is 36.4. The standard InChI is InChI=1S/C15H21F3N2/c16-15(17,18)12-19-14-7-10-20(11-8-14)9-6-13-4-2-1-3-5-13/h1-5,14,19H,6-12H2. The first-order valence-electron chi connectivity index (χ1n) is 7.09. The number of benzene rings is 1. The minimum Gasteiger partial charge on any atom is -0.306 e. The van der Waals surface area contributed by atoms with Crippen molar-refractivity contribution in [3.8, 4) is 0 Å². The lowest BCUT2D eigenvalue weighted by atomic mass is 10.0. The van der Waals surface area contributed by atoms with Gasteiger partial charge in [-0.3, -0.25) is 0 Å². The molecule has 0 bridgehead atoms. The zero-order valence-electron chi connectivity index (χ0n) is 11.5. The van der Waals surface area contributed by atoms with Gasteiger partial charge >= 0.3 is 6.18 Å². The molecule has 20 heavy (non-hydrogen) atoms. The largest absolute Gasteiger partial charge is 0.401 e. The lowest BCUT2D eigenvalue weighted by molar-refractivity contribution is -0.126. The Bertz CT molecular complexity index is 384. The first-order chi connectivity index (χ1) is 9.53. The molecule has 1 aromatic carbocycles. The molecule has 1 saturated heterocycles. The van der Waals surface area contributed by atoms with Crippen LogP contribution in [0.4, 0.5) is 13.2 Å². The van der Waals surface area contributed by atoms with E-state index < -0.39 is 12.7 Å². The van der Waals surface area contributed by atoms with Crippen molar-refractivity contribution in [2.24, 2.45) is 0 Å². The van der Waals surface area contributed by atoms with Crippen LogP contribution in [0.15, 0.2) is 30.3 Å². The Balaban J connectivity index is 1.64. The summed E-state index contributed by atoms with van der Waals surface area (Å²) in [5, 5.41) is 2.60. The van der Waals surface area contributed by atoms with Gasteiger partial charge in [0.05, 0.1) is 6.54 Å². The summed E-state index contributed by atoms with van der Waals surface area (Å²) in [5.41, 5.74) is 1.31. The van der Waals surface area contributed by atoms with E-state index in [0.29, 0.717) is 0 Å². The third kappa shape index (κ3) is 5.51. The summed E-state index contributed by atoms with van der Waals surface area (Å²) in [7, 11) is 0. The number of nitrogens with zero attached hydrogens (tertiary/aromatic N) is 1. The molecule has 1 aromatic rings. The maximum Gasteiger partial charge on any atom is 0.401 e. The van der Waals surface area contributed by atoms with Crippen LogP contribution in [0.3, 0.4) is 0 Å². The highest BCUT2D eigenvalue weighted by molar-refractivity contribution is 5.14. The van der Waals surface area contributed by atoms with Gasteiger partial charge in [0.1, 0.15) is 0 Å². The zero-order valence-corrected chi connectivity index (χ0v) is 11.5. The molecule has 0 radical (unpaired) electrons. The monoisotopic (exact) mass is 286 g/mol. The van der Waals surface area contributed by atoms with E-state index in [2.05, 4.69) is 22.3 Å². The number of likely N-dealkylation sites (tertiary alicyclic amines) is 1. The van der Waals surface area contributed by atoms with Crippen LogP contribution in [-0.2, 0) is 6.42 Å². The maximum atomic E-state index is 12.1. The summed E-state index contributed by atoms with van der Waals surface area (Å²) in [6, 6.07) is 10.3. The maximum absolute atomic E-state index is 12.1. The molecule has 0 spiro atoms. The highest BCUT2D eigenvalue weighted by atomic mass is 19.4. The molecule has 1 heterocycles. The van der Waals surface area contributed by atoms with Gasteiger partial charge in [-0.15, -0.1) is 0 Å². The molecular formula is C15H21F3N2. The van der Waals surface area contributed by atoms with Crippen LogP contribution in [0.25, 0.3) is 0 Å². The Hall–Kier alpha value is -1.07. The average Bonchev–Trinajstić information content (AvgIpc) is 2.44. The summed E-state index contributed by atoms with van der Waals surface area (Å²) in [6.45, 7) is 1.86. The number of alkyl halides is 3. The van der Waals surface area contributed by atoms with Gasteiger partial charge < -0.3 is 10.2 Å². The molecule has 2 nitrogen and oxygen atoms in total. The molecule has 1 aliphatic heterocycles. The summed E-state index contributed by atoms with van der Waals surface area (Å²) in [6.07, 6.45) is -1.51. The summed E-state index contributed by atoms with van der Waals surface area (Å²) >= 11 is 0. The van der Waals surface area contributed by atoms with E-state index in [0.717, 1.165) is 38.9 Å². The topological polar surface area (TPSA) is 15.3 Å². The Kier molecular flexibility index (Phi) is 5.43. The van der Waals surface area contributed by atoms with Gasteiger partial charge in [-0.1, -0.05) is 30.3 Å². The van der Waals surface area contributed by atoms with Crippen molar-refractivity contribution in [1.82, 2.24) is 10.2 Å². The lowest BCUT2D eigenvalue weighted by Gasteiger charge is -2.32. The van der Waals surface area contributed by atoms with Crippen LogP contribution < -0.4 is 5.32 Å². The molecular weight excluding hydrogens is 265 g/mol. The number of hydrogen-bond donors (Lipinski definition) is 1. The molecule has 1 aliphatic rings. The van der Waals surface area contributed by atoms with Crippen LogP contribution in [0, 0.1) is 0 Å². The number of halogens is 3. The van der Waals surface area contributed by atoms with Gasteiger partial charge in [-0.05, 0) is 37.9 Å². The van der Waals surface area contributed by atoms with Gasteiger partial charge in [0.25, 0.3) is 0 Å². The van der Waals surface area contributed by atoms with Crippen molar-refractivity contribution in [1.29, 1.82) is 0 Å². The quantitative estimate of drug-likeness (QED) is 0.895. The van der Waals surface area contributed by atoms with Crippen molar-refractivity contribution in [2.45, 2.75) is 31.5 Å². The fraction of sp³-hybridized carbons (Fsp3) is 0.600. The van der Waals surface area contributed by atoms with E-state index >= 15 is 0 Å². The summed E-state index contributed by atoms with van der Waals surface area (Å²) in [4.78, 5) is 2.33. The molecule has 0 aromatic heterocycles. The predicted octanol–water partition coefficient (Wildman–Crippen LogP) is 2.85. The van der Waals surface area contributed by atoms with Crippen molar-refractivity contribution in [2.75, 3.05) is 26.2 Å². The molecule has 112 valence electrons. The normalized spacial score (nSPS) is 18.4. The molecule has 0 aliphatic carbocycles. The number of piperidine rings is 1. The van der Waals surface area contributed by atoms with Gasteiger partial charge in [-0.2, -0.15) is 13.2 Å². The lowest BCUT2D eigenvalue weighted by Crippen LogP contribution is -2.45. The molecule has 0 saturated carbocycles. The van der Waals surface area contributed by atoms with Gasteiger partial charge in [0, 0.05) is 12.6 Å². The van der Waals surface area contributed by atoms with E-state index in [4.69, 9.17) is 0 Å². The smallest absolute Gasteiger partial charge is 0.306 e. The van der Waals surface area contributed by atoms with Gasteiger partial charge in [-0.25, -0.2) is 0 Å². The molecule has 1 fully saturated rings. The number of hydrogen-bond acceptors (Lipinski definition) is 2. The Labute approximate surface area is 118 Å². The first kappa shape index (κ1) is 15.3. The van der Waals surface area contributed by atoms with E-state index in [1.807, 2.05) is 18.2 Å². The number of rotatable bonds is 5. The van der Waals surface area contributed by atoms with Crippen LogP contribution >= 0.6 is 0 Å². The average molecular weight is 286 g/mol. The van der Waals surface area contributed by atoms with Crippen molar-refractivity contribution < 1.29 is 13.2 Å². The molecule has 2 rings (SSSR count). The zero-order chi connectivity index (χ0) is 14.4. The van der Waals surface area contributed by atoms with E-state index in [1.165, 1.54) is 5.56 Å². The van der Waals surface area contributed by atoms with Crippen LogP contribution in [0.1, 0.15) is 18.4 Å². The molecule has 0 atom stereocenters. The second-order valence-corrected chi connectivity index (χ2v) is 5.35. The third-order valence-electron chi connectivity index (χ3n) is 3.74. The fourth-order valence-corrected chi connectivity index (χ4v) is 2.55. The van der Waals surface area contributed by atoms with Gasteiger partial charge in [0.15, 0.2) is 0 Å². The minimum absolute atomic E-state index is 0.00426. The van der Waals surface area contributed by atoms with Crippen molar-refractivity contribution in [3.63, 3.8) is 0 Å². The van der Waals surface area contributed by atoms with Crippen LogP contribution in [-0.4, -0.2) is 43.3 Å². The third-order valence-corrected chi connectivity index (χ3v) is 3.74. The minimum atomic E-state index is -4.11. The molecule has 5 heteroatoms. The molecule has 1 N–H and O–H groups in total. The second-order valence-electron chi connectivity index (χ2n) is 5.35. The Morgan fingerprint density at radius 2 is 1.75 bits per heavy atom. The highest BCUT2D eigenvalue weighted by Gasteiger charge is 2.29. The van der Waals surface area contributed by atoms with E-state index in [-0.39, 0.29) is 6.04 Å². The first-order valence-corrected chi connectivity index (χ1v) is 7.09. The SMILES string of the molecule is FC(F)(F)CNC1CCN(CCc2ccccc2)CC1. The predicted molar refractivity (Wildman–Crippen MR) is 73.7 cm³/mol. The van der Waals surface area contributed by atoms with E-state index in [9.17, 15) is 13.2 Å². The fourth-order valence-electron chi connectivity index (χ4n) is 2.55. The highest BCUT2D eigenvalue weighted by Crippen LogP contribution is 2.16. The van der Waals surface area contributed by atoms with Crippen molar-refractivity contribution in [3.05, 3.63) is 35.9 Å². The van der Waals surface area contributed by atoms with Crippen molar-refractivity contribution >= 4 is 0 Å². The number of nitrogens with one attached hydrogen (secondary N) is 1. The van der Waals surface area contributed by atoms with Gasteiger partial charge in [0.2, 0.25) is 0 Å². The second kappa shape index (κ2) is 7.09. The molecule has 0 unspecified atom stereocenters. The Morgan fingerprint density at radius 3 is 2.35 bits per heavy atom. The summed E-state index contributed by atoms with van der Waals surface area (Å²) in [5.74, 6) is 0. The Morgan fingerprint density at radius 1 is 1.10 bits per heavy atom.